The molecule has 0 aliphatic heterocycles. The fourth-order valence-electron chi connectivity index (χ4n) is 4.70. The van der Waals surface area contributed by atoms with E-state index in [-0.39, 0.29) is 16.8 Å². The summed E-state index contributed by atoms with van der Waals surface area (Å²) in [6.45, 7) is 4.37. The number of halogens is 3. The molecular weight excluding hydrogens is 533 g/mol. The molecule has 7 nitrogen and oxygen atoms in total. The van der Waals surface area contributed by atoms with Gasteiger partial charge in [0.05, 0.1) is 10.3 Å². The molecule has 0 spiro atoms. The van der Waals surface area contributed by atoms with Gasteiger partial charge >= 0.3 is 12.1 Å². The highest BCUT2D eigenvalue weighted by Gasteiger charge is 2.51. The smallest absolute Gasteiger partial charge is 0.475 e. The van der Waals surface area contributed by atoms with Crippen LogP contribution in [0.3, 0.4) is 0 Å². The van der Waals surface area contributed by atoms with E-state index in [1.54, 1.807) is 24.3 Å². The molecule has 0 atom stereocenters. The fraction of sp³-hybridized carbons (Fsp3) is 0.500. The average Bonchev–Trinajstić information content (AvgIpc) is 3.68. The molecule has 39 heavy (non-hydrogen) atoms. The summed E-state index contributed by atoms with van der Waals surface area (Å²) in [5.41, 5.74) is 2.15. The Morgan fingerprint density at radius 3 is 1.97 bits per heavy atom. The molecule has 2 aromatic carbocycles. The number of benzene rings is 2. The maximum absolute atomic E-state index is 13.0. The summed E-state index contributed by atoms with van der Waals surface area (Å²) in [5, 5.41) is 10.4. The molecule has 2 saturated carbocycles. The predicted octanol–water partition coefficient (Wildman–Crippen LogP) is 5.80. The highest BCUT2D eigenvalue weighted by Crippen LogP contribution is 2.49. The van der Waals surface area contributed by atoms with Gasteiger partial charge in [0, 0.05) is 11.7 Å². The van der Waals surface area contributed by atoms with Crippen molar-refractivity contribution in [3.05, 3.63) is 59.7 Å². The zero-order valence-corrected chi connectivity index (χ0v) is 22.9. The molecule has 214 valence electrons. The number of carbonyl (C=O) groups is 2. The number of amides is 1. The maximum Gasteiger partial charge on any atom is 0.490 e. The number of aliphatic carboxylic acids is 1. The van der Waals surface area contributed by atoms with Gasteiger partial charge in [0.25, 0.3) is 10.0 Å². The molecule has 2 aromatic rings. The SMILES string of the molecule is CCCc1ccc(S(=O)(=O)Nc2ccc(C3(C(=O)NC4CCC(C)CC4)CC3)cc2)cc1.O=C(O)C(F)(F)F. The minimum absolute atomic E-state index is 0.123. The lowest BCUT2D eigenvalue weighted by Gasteiger charge is -2.28. The molecule has 0 unspecified atom stereocenters. The number of nitrogens with one attached hydrogen (secondary N) is 2. The summed E-state index contributed by atoms with van der Waals surface area (Å²) in [7, 11) is -3.65. The van der Waals surface area contributed by atoms with Crippen molar-refractivity contribution in [2.24, 2.45) is 5.92 Å². The second kappa shape index (κ2) is 12.4. The number of carboxylic acids is 1. The zero-order valence-electron chi connectivity index (χ0n) is 22.1. The van der Waals surface area contributed by atoms with Gasteiger partial charge in [0.1, 0.15) is 0 Å². The van der Waals surface area contributed by atoms with Crippen LogP contribution in [0.5, 0.6) is 0 Å². The van der Waals surface area contributed by atoms with Gasteiger partial charge in [-0.25, -0.2) is 13.2 Å². The molecule has 0 heterocycles. The number of aryl methyl sites for hydroxylation is 1. The molecule has 0 aromatic heterocycles. The molecule has 0 saturated heterocycles. The van der Waals surface area contributed by atoms with Crippen molar-refractivity contribution >= 4 is 27.6 Å². The lowest BCUT2D eigenvalue weighted by molar-refractivity contribution is -0.192. The van der Waals surface area contributed by atoms with Crippen molar-refractivity contribution in [3.8, 4) is 0 Å². The monoisotopic (exact) mass is 568 g/mol. The van der Waals surface area contributed by atoms with Crippen LogP contribution in [0.25, 0.3) is 0 Å². The standard InChI is InChI=1S/C26H34N2O3S.C2HF3O2/c1-3-4-20-7-15-24(16-8-20)32(30,31)28-23-13-9-21(10-14-23)26(17-18-26)25(29)27-22-11-5-19(2)6-12-22;3-2(4,5)1(6)7/h7-10,13-16,19,22,28H,3-6,11-12,17-18H2,1-2H3,(H,27,29);(H,6,7). The molecule has 4 rings (SSSR count). The van der Waals surface area contributed by atoms with Crippen LogP contribution in [-0.4, -0.2) is 37.6 Å². The minimum atomic E-state index is -5.08. The van der Waals surface area contributed by atoms with E-state index in [1.807, 2.05) is 24.3 Å². The van der Waals surface area contributed by atoms with Crippen LogP contribution in [-0.2, 0) is 31.4 Å². The summed E-state index contributed by atoms with van der Waals surface area (Å²) in [6, 6.07) is 14.6. The molecule has 3 N–H and O–H groups in total. The lowest BCUT2D eigenvalue weighted by Crippen LogP contribution is -2.43. The number of sulfonamides is 1. The quantitative estimate of drug-likeness (QED) is 0.373. The Labute approximate surface area is 227 Å². The van der Waals surface area contributed by atoms with Crippen LogP contribution < -0.4 is 10.0 Å². The van der Waals surface area contributed by atoms with Crippen molar-refractivity contribution in [1.82, 2.24) is 5.32 Å². The maximum atomic E-state index is 13.0. The summed E-state index contributed by atoms with van der Waals surface area (Å²) in [4.78, 5) is 22.2. The lowest BCUT2D eigenvalue weighted by atomic mass is 9.86. The number of carboxylic acid groups (broad SMARTS) is 1. The Morgan fingerprint density at radius 2 is 1.51 bits per heavy atom. The predicted molar refractivity (Wildman–Crippen MR) is 142 cm³/mol. The average molecular weight is 569 g/mol. The van der Waals surface area contributed by atoms with Crippen molar-refractivity contribution in [2.45, 2.75) is 87.7 Å². The highest BCUT2D eigenvalue weighted by atomic mass is 32.2. The van der Waals surface area contributed by atoms with Crippen molar-refractivity contribution in [1.29, 1.82) is 0 Å². The summed E-state index contributed by atoms with van der Waals surface area (Å²) in [6.07, 6.45) is 3.03. The number of rotatable bonds is 8. The third-order valence-corrected chi connectivity index (χ3v) is 8.64. The summed E-state index contributed by atoms with van der Waals surface area (Å²) in [5.74, 6) is -1.88. The van der Waals surface area contributed by atoms with E-state index in [9.17, 15) is 26.4 Å². The number of hydrogen-bond acceptors (Lipinski definition) is 4. The zero-order chi connectivity index (χ0) is 28.8. The molecule has 11 heteroatoms. The first-order valence-electron chi connectivity index (χ1n) is 13.1. The third-order valence-electron chi connectivity index (χ3n) is 7.24. The Balaban J connectivity index is 0.000000532. The van der Waals surface area contributed by atoms with Gasteiger partial charge in [-0.15, -0.1) is 0 Å². The van der Waals surface area contributed by atoms with Gasteiger partial charge in [-0.2, -0.15) is 13.2 Å². The number of anilines is 1. The van der Waals surface area contributed by atoms with Crippen LogP contribution in [0.2, 0.25) is 0 Å². The normalized spacial score (nSPS) is 20.2. The van der Waals surface area contributed by atoms with E-state index < -0.39 is 27.6 Å². The van der Waals surface area contributed by atoms with Gasteiger partial charge in [0.15, 0.2) is 0 Å². The number of carbonyl (C=O) groups excluding carboxylic acids is 1. The van der Waals surface area contributed by atoms with E-state index in [2.05, 4.69) is 23.9 Å². The van der Waals surface area contributed by atoms with Crippen LogP contribution in [0.1, 0.15) is 69.9 Å². The van der Waals surface area contributed by atoms with E-state index in [0.29, 0.717) is 5.69 Å². The molecular formula is C28H35F3N2O5S. The van der Waals surface area contributed by atoms with E-state index in [4.69, 9.17) is 9.90 Å². The minimum Gasteiger partial charge on any atom is -0.475 e. The molecule has 2 fully saturated rings. The first-order chi connectivity index (χ1) is 18.3. The van der Waals surface area contributed by atoms with Gasteiger partial charge in [0.2, 0.25) is 5.91 Å². The van der Waals surface area contributed by atoms with Gasteiger partial charge in [-0.1, -0.05) is 44.5 Å². The Kier molecular flexibility index (Phi) is 9.69. The molecule has 2 aliphatic rings. The van der Waals surface area contributed by atoms with Crippen molar-refractivity contribution < 1.29 is 36.3 Å². The molecule has 0 radical (unpaired) electrons. The second-order valence-electron chi connectivity index (χ2n) is 10.4. The van der Waals surface area contributed by atoms with Gasteiger partial charge < -0.3 is 10.4 Å². The van der Waals surface area contributed by atoms with Gasteiger partial charge in [-0.05, 0) is 86.3 Å². The summed E-state index contributed by atoms with van der Waals surface area (Å²) < 4.78 is 59.9. The van der Waals surface area contributed by atoms with Crippen LogP contribution in [0, 0.1) is 5.92 Å². The first kappa shape index (κ1) is 30.5. The van der Waals surface area contributed by atoms with E-state index in [1.165, 1.54) is 12.8 Å². The topological polar surface area (TPSA) is 113 Å². The third kappa shape index (κ3) is 8.20. The fourth-order valence-corrected chi connectivity index (χ4v) is 5.75. The highest BCUT2D eigenvalue weighted by molar-refractivity contribution is 7.92. The first-order valence-corrected chi connectivity index (χ1v) is 14.6. The van der Waals surface area contributed by atoms with Crippen LogP contribution in [0.15, 0.2) is 53.4 Å². The van der Waals surface area contributed by atoms with Crippen LogP contribution >= 0.6 is 0 Å². The van der Waals surface area contributed by atoms with Crippen molar-refractivity contribution in [2.75, 3.05) is 4.72 Å². The number of hydrogen-bond donors (Lipinski definition) is 3. The van der Waals surface area contributed by atoms with Crippen molar-refractivity contribution in [3.63, 3.8) is 0 Å². The molecule has 1 amide bonds. The Bertz CT molecular complexity index is 1230. The molecule has 2 aliphatic carbocycles. The van der Waals surface area contributed by atoms with Crippen LogP contribution in [0.4, 0.5) is 18.9 Å². The molecule has 0 bridgehead atoms. The summed E-state index contributed by atoms with van der Waals surface area (Å²) >= 11 is 0. The van der Waals surface area contributed by atoms with E-state index >= 15 is 0 Å². The second-order valence-corrected chi connectivity index (χ2v) is 12.1. The van der Waals surface area contributed by atoms with E-state index in [0.717, 1.165) is 55.6 Å². The Morgan fingerprint density at radius 1 is 0.974 bits per heavy atom. The van der Waals surface area contributed by atoms with Gasteiger partial charge in [-0.3, -0.25) is 9.52 Å². The number of alkyl halides is 3. The largest absolute Gasteiger partial charge is 0.490 e. The Hall–Kier alpha value is -3.08.